The highest BCUT2D eigenvalue weighted by molar-refractivity contribution is 6.30. The van der Waals surface area contributed by atoms with Crippen molar-refractivity contribution >= 4 is 23.8 Å². The summed E-state index contributed by atoms with van der Waals surface area (Å²) in [6, 6.07) is 13.8. The van der Waals surface area contributed by atoms with E-state index in [-0.39, 0.29) is 0 Å². The van der Waals surface area contributed by atoms with Gasteiger partial charge in [0.1, 0.15) is 5.60 Å². The molecule has 0 fully saturated rings. The van der Waals surface area contributed by atoms with Crippen molar-refractivity contribution in [3.63, 3.8) is 0 Å². The maximum Gasteiger partial charge on any atom is 0.116 e. The molecule has 2 aromatic rings. The van der Waals surface area contributed by atoms with Crippen molar-refractivity contribution in [2.45, 2.75) is 18.4 Å². The van der Waals surface area contributed by atoms with E-state index in [0.29, 0.717) is 11.4 Å². The van der Waals surface area contributed by atoms with E-state index in [0.717, 1.165) is 35.2 Å². The molecule has 3 rings (SSSR count). The summed E-state index contributed by atoms with van der Waals surface area (Å²) in [4.78, 5) is 2.14. The first kappa shape index (κ1) is 16.3. The van der Waals surface area contributed by atoms with E-state index in [1.807, 2.05) is 36.4 Å². The molecular formula is C20H22ClNO. The van der Waals surface area contributed by atoms with Crippen LogP contribution in [0.2, 0.25) is 5.02 Å². The molecule has 23 heavy (non-hydrogen) atoms. The Morgan fingerprint density at radius 2 is 1.70 bits per heavy atom. The normalized spacial score (nSPS) is 19.3. The third kappa shape index (κ3) is 3.20. The molecule has 0 saturated carbocycles. The van der Waals surface area contributed by atoms with Crippen LogP contribution in [-0.2, 0) is 5.60 Å². The Hall–Kier alpha value is -1.61. The molecule has 0 amide bonds. The van der Waals surface area contributed by atoms with E-state index in [2.05, 4.69) is 37.2 Å². The van der Waals surface area contributed by atoms with Crippen molar-refractivity contribution in [1.29, 1.82) is 0 Å². The summed E-state index contributed by atoms with van der Waals surface area (Å²) in [5, 5.41) is 12.3. The Morgan fingerprint density at radius 1 is 1.00 bits per heavy atom. The number of nitrogens with zero attached hydrogens (tertiary/aromatic N) is 1. The standard InChI is InChI=1S/C20H22ClNO/c1-22(2)13-5-12-20(23)18-7-4-3-6-15(18)8-9-16-10-11-17(21)14-19(16)20/h3-4,6-11,14,23H,5,12-13H2,1-2H3. The van der Waals surface area contributed by atoms with Crippen LogP contribution in [0.15, 0.2) is 42.5 Å². The number of fused-ring (bicyclic) bond motifs is 2. The Morgan fingerprint density at radius 3 is 2.43 bits per heavy atom. The highest BCUT2D eigenvalue weighted by atomic mass is 35.5. The largest absolute Gasteiger partial charge is 0.380 e. The molecular weight excluding hydrogens is 306 g/mol. The highest BCUT2D eigenvalue weighted by Gasteiger charge is 2.35. The van der Waals surface area contributed by atoms with Crippen LogP contribution < -0.4 is 0 Å². The third-order valence-corrected chi connectivity index (χ3v) is 4.69. The SMILES string of the molecule is CN(C)CCCC1(O)c2ccccc2C=Cc2ccc(Cl)cc21. The van der Waals surface area contributed by atoms with Crippen LogP contribution in [0.5, 0.6) is 0 Å². The summed E-state index contributed by atoms with van der Waals surface area (Å²) < 4.78 is 0. The lowest BCUT2D eigenvalue weighted by atomic mass is 9.80. The molecule has 1 aliphatic carbocycles. The summed E-state index contributed by atoms with van der Waals surface area (Å²) >= 11 is 6.23. The van der Waals surface area contributed by atoms with E-state index >= 15 is 0 Å². The minimum Gasteiger partial charge on any atom is -0.380 e. The van der Waals surface area contributed by atoms with Crippen LogP contribution in [0.25, 0.3) is 12.2 Å². The zero-order valence-electron chi connectivity index (χ0n) is 13.6. The van der Waals surface area contributed by atoms with E-state index in [9.17, 15) is 5.11 Å². The smallest absolute Gasteiger partial charge is 0.116 e. The van der Waals surface area contributed by atoms with Crippen molar-refractivity contribution in [1.82, 2.24) is 4.90 Å². The van der Waals surface area contributed by atoms with Crippen molar-refractivity contribution in [2.75, 3.05) is 20.6 Å². The van der Waals surface area contributed by atoms with Crippen LogP contribution in [0.4, 0.5) is 0 Å². The van der Waals surface area contributed by atoms with Gasteiger partial charge in [0, 0.05) is 5.02 Å². The average Bonchev–Trinajstić information content (AvgIpc) is 2.64. The lowest BCUT2D eigenvalue weighted by Crippen LogP contribution is -2.30. The first-order valence-corrected chi connectivity index (χ1v) is 8.33. The highest BCUT2D eigenvalue weighted by Crippen LogP contribution is 2.41. The number of hydrogen-bond acceptors (Lipinski definition) is 2. The van der Waals surface area contributed by atoms with Gasteiger partial charge in [0.2, 0.25) is 0 Å². The molecule has 3 heteroatoms. The monoisotopic (exact) mass is 327 g/mol. The molecule has 0 aliphatic heterocycles. The summed E-state index contributed by atoms with van der Waals surface area (Å²) in [6.45, 7) is 0.938. The molecule has 0 radical (unpaired) electrons. The fourth-order valence-corrected chi connectivity index (χ4v) is 3.47. The van der Waals surface area contributed by atoms with Gasteiger partial charge in [0.15, 0.2) is 0 Å². The second kappa shape index (κ2) is 6.48. The van der Waals surface area contributed by atoms with Crippen molar-refractivity contribution < 1.29 is 5.11 Å². The fraction of sp³-hybridized carbons (Fsp3) is 0.300. The minimum absolute atomic E-state index is 0.655. The second-order valence-corrected chi connectivity index (χ2v) is 6.86. The number of aliphatic hydroxyl groups is 1. The van der Waals surface area contributed by atoms with E-state index < -0.39 is 5.60 Å². The number of rotatable bonds is 4. The Labute approximate surface area is 143 Å². The summed E-state index contributed by atoms with van der Waals surface area (Å²) in [5.41, 5.74) is 2.92. The Kier molecular flexibility index (Phi) is 4.58. The molecule has 0 heterocycles. The second-order valence-electron chi connectivity index (χ2n) is 6.42. The molecule has 0 aromatic heterocycles. The summed E-state index contributed by atoms with van der Waals surface area (Å²) in [6.07, 6.45) is 5.71. The van der Waals surface area contributed by atoms with Gasteiger partial charge in [-0.3, -0.25) is 0 Å². The molecule has 120 valence electrons. The maximum atomic E-state index is 11.7. The summed E-state index contributed by atoms with van der Waals surface area (Å²) in [5.74, 6) is 0. The average molecular weight is 328 g/mol. The van der Waals surface area contributed by atoms with Gasteiger partial charge in [-0.25, -0.2) is 0 Å². The number of hydrogen-bond donors (Lipinski definition) is 1. The van der Waals surface area contributed by atoms with Crippen LogP contribution in [0, 0.1) is 0 Å². The fourth-order valence-electron chi connectivity index (χ4n) is 3.30. The zero-order chi connectivity index (χ0) is 16.4. The minimum atomic E-state index is -1.02. The predicted octanol–water partition coefficient (Wildman–Crippen LogP) is 4.40. The van der Waals surface area contributed by atoms with Gasteiger partial charge in [-0.2, -0.15) is 0 Å². The van der Waals surface area contributed by atoms with Gasteiger partial charge >= 0.3 is 0 Å². The predicted molar refractivity (Wildman–Crippen MR) is 97.6 cm³/mol. The van der Waals surface area contributed by atoms with E-state index in [1.165, 1.54) is 0 Å². The van der Waals surface area contributed by atoms with Crippen LogP contribution >= 0.6 is 11.6 Å². The van der Waals surface area contributed by atoms with Crippen LogP contribution in [0.1, 0.15) is 35.1 Å². The van der Waals surface area contributed by atoms with Gasteiger partial charge in [-0.15, -0.1) is 0 Å². The summed E-state index contributed by atoms with van der Waals surface area (Å²) in [7, 11) is 4.11. The first-order chi connectivity index (χ1) is 11.0. The molecule has 2 aromatic carbocycles. The topological polar surface area (TPSA) is 23.5 Å². The third-order valence-electron chi connectivity index (χ3n) is 4.45. The Balaban J connectivity index is 2.12. The van der Waals surface area contributed by atoms with Crippen LogP contribution in [0.3, 0.4) is 0 Å². The molecule has 0 saturated heterocycles. The van der Waals surface area contributed by atoms with Gasteiger partial charge in [0.05, 0.1) is 0 Å². The Bertz CT molecular complexity index is 738. The van der Waals surface area contributed by atoms with Crippen molar-refractivity contribution in [3.8, 4) is 0 Å². The van der Waals surface area contributed by atoms with Gasteiger partial charge in [-0.1, -0.05) is 54.1 Å². The van der Waals surface area contributed by atoms with Crippen molar-refractivity contribution in [3.05, 3.63) is 69.7 Å². The molecule has 1 atom stereocenters. The van der Waals surface area contributed by atoms with E-state index in [1.54, 1.807) is 0 Å². The zero-order valence-corrected chi connectivity index (χ0v) is 14.3. The van der Waals surface area contributed by atoms with Crippen LogP contribution in [-0.4, -0.2) is 30.6 Å². The molecule has 0 spiro atoms. The van der Waals surface area contributed by atoms with Crippen molar-refractivity contribution in [2.24, 2.45) is 0 Å². The number of benzene rings is 2. The number of halogens is 1. The van der Waals surface area contributed by atoms with Gasteiger partial charge < -0.3 is 10.0 Å². The molecule has 1 unspecified atom stereocenters. The molecule has 0 bridgehead atoms. The maximum absolute atomic E-state index is 11.7. The van der Waals surface area contributed by atoms with E-state index in [4.69, 9.17) is 11.6 Å². The molecule has 1 N–H and O–H groups in total. The first-order valence-electron chi connectivity index (χ1n) is 7.95. The molecule has 2 nitrogen and oxygen atoms in total. The van der Waals surface area contributed by atoms with Gasteiger partial charge in [-0.05, 0) is 67.9 Å². The lowest BCUT2D eigenvalue weighted by molar-refractivity contribution is 0.0663. The molecule has 1 aliphatic rings. The lowest BCUT2D eigenvalue weighted by Gasteiger charge is -2.31. The quantitative estimate of drug-likeness (QED) is 0.899. The van der Waals surface area contributed by atoms with Gasteiger partial charge in [0.25, 0.3) is 0 Å².